The summed E-state index contributed by atoms with van der Waals surface area (Å²) in [5, 5.41) is 40.3. The van der Waals surface area contributed by atoms with Crippen LogP contribution in [-0.4, -0.2) is 59.8 Å². The molecule has 0 bridgehead atoms. The Morgan fingerprint density at radius 2 is 2.10 bits per heavy atom. The van der Waals surface area contributed by atoms with Gasteiger partial charge in [-0.3, -0.25) is 4.57 Å². The van der Waals surface area contributed by atoms with Crippen LogP contribution in [0.4, 0.5) is 5.95 Å². The summed E-state index contributed by atoms with van der Waals surface area (Å²) in [5.41, 5.74) is 5.49. The fourth-order valence-corrected chi connectivity index (χ4v) is 2.20. The van der Waals surface area contributed by atoms with Crippen LogP contribution in [0.1, 0.15) is 6.23 Å². The molecule has 3 heterocycles. The third-order valence-electron chi connectivity index (χ3n) is 3.20. The van der Waals surface area contributed by atoms with Gasteiger partial charge >= 0.3 is 0 Å². The maximum absolute atomic E-state index is 11.6. The molecule has 2 aromatic rings. The van der Waals surface area contributed by atoms with Gasteiger partial charge < -0.3 is 30.9 Å². The van der Waals surface area contributed by atoms with E-state index in [4.69, 9.17) is 15.6 Å². The highest BCUT2D eigenvalue weighted by atomic mass is 16.6. The maximum atomic E-state index is 11.6. The molecule has 1 fully saturated rings. The third-order valence-corrected chi connectivity index (χ3v) is 3.20. The summed E-state index contributed by atoms with van der Waals surface area (Å²) in [6, 6.07) is 0. The van der Waals surface area contributed by atoms with Crippen molar-refractivity contribution in [3.8, 4) is 5.88 Å². The lowest BCUT2D eigenvalue weighted by Crippen LogP contribution is -2.33. The van der Waals surface area contributed by atoms with Gasteiger partial charge in [-0.25, -0.2) is 9.97 Å². The minimum atomic E-state index is -1.30. The van der Waals surface area contributed by atoms with E-state index in [1.807, 2.05) is 0 Å². The molecular formula is C10H12N5O5-. The Labute approximate surface area is 112 Å². The Bertz CT molecular complexity index is 646. The molecule has 20 heavy (non-hydrogen) atoms. The molecule has 3 rings (SSSR count). The fraction of sp³-hybridized carbons (Fsp3) is 0.500. The molecule has 108 valence electrons. The lowest BCUT2D eigenvalue weighted by atomic mass is 10.1. The third kappa shape index (κ3) is 1.78. The molecule has 5 N–H and O–H groups in total. The van der Waals surface area contributed by atoms with E-state index in [1.165, 1.54) is 10.9 Å². The predicted octanol–water partition coefficient (Wildman–Crippen LogP) is -2.91. The first-order chi connectivity index (χ1) is 9.52. The number of aliphatic hydroxyl groups is 3. The number of hydrogen-bond acceptors (Lipinski definition) is 9. The molecule has 1 saturated heterocycles. The first-order valence-electron chi connectivity index (χ1n) is 5.82. The van der Waals surface area contributed by atoms with Crippen LogP contribution in [0.25, 0.3) is 11.2 Å². The van der Waals surface area contributed by atoms with Gasteiger partial charge in [-0.2, -0.15) is 4.98 Å². The SMILES string of the molecule is Nc1nc([O-])c2ncn([C@@H]3O[C@H](CO)[C@@H](O)[C@H]3O)c2n1. The van der Waals surface area contributed by atoms with Crippen LogP contribution < -0.4 is 10.8 Å². The molecule has 0 aromatic carbocycles. The number of imidazole rings is 1. The topological polar surface area (TPSA) is 163 Å². The van der Waals surface area contributed by atoms with Crippen molar-refractivity contribution >= 4 is 17.1 Å². The second kappa shape index (κ2) is 4.52. The van der Waals surface area contributed by atoms with Crippen LogP contribution >= 0.6 is 0 Å². The van der Waals surface area contributed by atoms with Crippen LogP contribution in [0.15, 0.2) is 6.33 Å². The molecule has 0 radical (unpaired) electrons. The maximum Gasteiger partial charge on any atom is 0.221 e. The van der Waals surface area contributed by atoms with Crippen molar-refractivity contribution in [2.45, 2.75) is 24.5 Å². The van der Waals surface area contributed by atoms with E-state index in [-0.39, 0.29) is 17.1 Å². The van der Waals surface area contributed by atoms with Gasteiger partial charge in [0.15, 0.2) is 11.9 Å². The first kappa shape index (κ1) is 13.0. The molecule has 0 saturated carbocycles. The number of ether oxygens (including phenoxy) is 1. The van der Waals surface area contributed by atoms with E-state index in [1.54, 1.807) is 0 Å². The van der Waals surface area contributed by atoms with Crippen molar-refractivity contribution in [3.63, 3.8) is 0 Å². The molecule has 10 heteroatoms. The summed E-state index contributed by atoms with van der Waals surface area (Å²) < 4.78 is 6.61. The summed E-state index contributed by atoms with van der Waals surface area (Å²) in [4.78, 5) is 11.2. The van der Waals surface area contributed by atoms with Crippen LogP contribution in [0.5, 0.6) is 5.88 Å². The molecular weight excluding hydrogens is 270 g/mol. The van der Waals surface area contributed by atoms with E-state index in [2.05, 4.69) is 15.0 Å². The number of aromatic nitrogens is 4. The smallest absolute Gasteiger partial charge is 0.221 e. The molecule has 0 unspecified atom stereocenters. The Morgan fingerprint density at radius 1 is 1.35 bits per heavy atom. The summed E-state index contributed by atoms with van der Waals surface area (Å²) in [7, 11) is 0. The lowest BCUT2D eigenvalue weighted by molar-refractivity contribution is -0.272. The number of hydrogen-bond donors (Lipinski definition) is 4. The van der Waals surface area contributed by atoms with Crippen molar-refractivity contribution in [2.24, 2.45) is 0 Å². The van der Waals surface area contributed by atoms with E-state index >= 15 is 0 Å². The van der Waals surface area contributed by atoms with Crippen molar-refractivity contribution < 1.29 is 25.2 Å². The Balaban J connectivity index is 2.07. The van der Waals surface area contributed by atoms with Crippen molar-refractivity contribution in [3.05, 3.63) is 6.33 Å². The van der Waals surface area contributed by atoms with Crippen LogP contribution in [0.3, 0.4) is 0 Å². The number of anilines is 1. The van der Waals surface area contributed by atoms with Gasteiger partial charge in [-0.15, -0.1) is 0 Å². The van der Waals surface area contributed by atoms with Crippen LogP contribution in [0.2, 0.25) is 0 Å². The van der Waals surface area contributed by atoms with Gasteiger partial charge in [-0.1, -0.05) is 0 Å². The van der Waals surface area contributed by atoms with Crippen molar-refractivity contribution in [2.75, 3.05) is 12.3 Å². The summed E-state index contributed by atoms with van der Waals surface area (Å²) in [5.74, 6) is -0.867. The number of fused-ring (bicyclic) bond motifs is 1. The largest absolute Gasteiger partial charge is 0.857 e. The monoisotopic (exact) mass is 282 g/mol. The van der Waals surface area contributed by atoms with E-state index in [0.29, 0.717) is 0 Å². The van der Waals surface area contributed by atoms with Gasteiger partial charge in [0.2, 0.25) is 5.95 Å². The zero-order valence-corrected chi connectivity index (χ0v) is 10.1. The molecule has 0 amide bonds. The van der Waals surface area contributed by atoms with Crippen LogP contribution in [-0.2, 0) is 4.74 Å². The van der Waals surface area contributed by atoms with E-state index < -0.39 is 37.0 Å². The van der Waals surface area contributed by atoms with E-state index in [9.17, 15) is 15.3 Å². The molecule has 2 aromatic heterocycles. The minimum absolute atomic E-state index is 0.0167. The molecule has 10 nitrogen and oxygen atoms in total. The first-order valence-corrected chi connectivity index (χ1v) is 5.82. The molecule has 4 atom stereocenters. The second-order valence-corrected chi connectivity index (χ2v) is 4.44. The quantitative estimate of drug-likeness (QED) is 0.452. The van der Waals surface area contributed by atoms with E-state index in [0.717, 1.165) is 0 Å². The van der Waals surface area contributed by atoms with Gasteiger partial charge in [0.25, 0.3) is 0 Å². The molecule has 0 aliphatic carbocycles. The zero-order valence-electron chi connectivity index (χ0n) is 10.1. The highest BCUT2D eigenvalue weighted by Gasteiger charge is 2.43. The number of aliphatic hydroxyl groups excluding tert-OH is 3. The Morgan fingerprint density at radius 3 is 2.75 bits per heavy atom. The summed E-state index contributed by atoms with van der Waals surface area (Å²) in [6.45, 7) is -0.453. The lowest BCUT2D eigenvalue weighted by Gasteiger charge is -2.17. The normalized spacial score (nSPS) is 30.1. The standard InChI is InChI=1S/C10H13N5O5/c11-10-13-7-4(8(19)14-10)12-2-15(7)9-6(18)5(17)3(1-16)20-9/h2-3,5-6,9,16-18H,1H2,(H3,11,13,14,19)/p-1/t3-,5-,6-,9-/m1/s1. The van der Waals surface area contributed by atoms with Gasteiger partial charge in [0, 0.05) is 5.88 Å². The van der Waals surface area contributed by atoms with Crippen molar-refractivity contribution in [1.82, 2.24) is 19.5 Å². The Hall–Kier alpha value is -2.01. The predicted molar refractivity (Wildman–Crippen MR) is 62.2 cm³/mol. The molecule has 0 spiro atoms. The number of nitrogens with two attached hydrogens (primary N) is 1. The Kier molecular flexibility index (Phi) is 2.94. The average Bonchev–Trinajstić information content (AvgIpc) is 2.93. The van der Waals surface area contributed by atoms with Gasteiger partial charge in [0.1, 0.15) is 23.8 Å². The number of rotatable bonds is 2. The number of nitrogens with zero attached hydrogens (tertiary/aromatic N) is 4. The highest BCUT2D eigenvalue weighted by Crippen LogP contribution is 2.32. The minimum Gasteiger partial charge on any atom is -0.857 e. The molecule has 1 aliphatic heterocycles. The summed E-state index contributed by atoms with van der Waals surface area (Å²) in [6.07, 6.45) is -3.27. The number of nitrogen functional groups attached to an aromatic ring is 1. The molecule has 1 aliphatic rings. The fourth-order valence-electron chi connectivity index (χ4n) is 2.20. The summed E-state index contributed by atoms with van der Waals surface area (Å²) >= 11 is 0. The van der Waals surface area contributed by atoms with Gasteiger partial charge in [-0.05, 0) is 0 Å². The zero-order chi connectivity index (χ0) is 14.4. The average molecular weight is 282 g/mol. The van der Waals surface area contributed by atoms with Crippen molar-refractivity contribution in [1.29, 1.82) is 0 Å². The van der Waals surface area contributed by atoms with Gasteiger partial charge in [0.05, 0.1) is 12.9 Å². The van der Waals surface area contributed by atoms with Crippen LogP contribution in [0, 0.1) is 0 Å². The highest BCUT2D eigenvalue weighted by molar-refractivity contribution is 5.76. The second-order valence-electron chi connectivity index (χ2n) is 4.44.